The molecule has 2 aliphatic rings. The topological polar surface area (TPSA) is 28.2 Å². The lowest BCUT2D eigenvalue weighted by atomic mass is 10.2. The molecular weight excluding hydrogens is 250 g/mol. The van der Waals surface area contributed by atoms with Gasteiger partial charge in [0.05, 0.1) is 11.7 Å². The fourth-order valence-corrected chi connectivity index (χ4v) is 4.69. The highest BCUT2D eigenvalue weighted by Crippen LogP contribution is 2.31. The summed E-state index contributed by atoms with van der Waals surface area (Å²) in [5, 5.41) is 4.90. The van der Waals surface area contributed by atoms with Gasteiger partial charge in [-0.3, -0.25) is 4.90 Å². The largest absolute Gasteiger partial charge is 0.306 e. The van der Waals surface area contributed by atoms with Gasteiger partial charge in [0.1, 0.15) is 5.01 Å². The van der Waals surface area contributed by atoms with Crippen LogP contribution in [0.1, 0.15) is 28.5 Å². The number of thiazole rings is 1. The number of thioether (sulfide) groups is 1. The zero-order valence-electron chi connectivity index (χ0n) is 10.2. The molecule has 1 aromatic heterocycles. The fraction of sp³-hybridized carbons (Fsp3) is 0.750. The second-order valence-electron chi connectivity index (χ2n) is 4.62. The molecule has 3 nitrogen and oxygen atoms in total. The van der Waals surface area contributed by atoms with E-state index in [1.54, 1.807) is 0 Å². The maximum atomic E-state index is 4.86. The molecule has 0 radical (unpaired) electrons. The van der Waals surface area contributed by atoms with Gasteiger partial charge in [0.25, 0.3) is 0 Å². The van der Waals surface area contributed by atoms with E-state index in [0.717, 1.165) is 26.1 Å². The predicted octanol–water partition coefficient (Wildman–Crippen LogP) is 1.90. The Morgan fingerprint density at radius 2 is 2.47 bits per heavy atom. The molecule has 94 valence electrons. The van der Waals surface area contributed by atoms with Crippen molar-refractivity contribution >= 4 is 23.1 Å². The van der Waals surface area contributed by atoms with Gasteiger partial charge in [0.15, 0.2) is 0 Å². The van der Waals surface area contributed by atoms with Crippen LogP contribution in [0.25, 0.3) is 0 Å². The lowest BCUT2D eigenvalue weighted by molar-refractivity contribution is 0.269. The molecule has 1 unspecified atom stereocenters. The smallest absolute Gasteiger partial charge is 0.111 e. The average Bonchev–Trinajstić information content (AvgIpc) is 2.82. The maximum absolute atomic E-state index is 4.86. The highest BCUT2D eigenvalue weighted by molar-refractivity contribution is 7.99. The van der Waals surface area contributed by atoms with Crippen LogP contribution in [0.4, 0.5) is 0 Å². The first-order chi connectivity index (χ1) is 8.36. The van der Waals surface area contributed by atoms with Crippen molar-refractivity contribution in [1.82, 2.24) is 15.2 Å². The molecule has 1 atom stereocenters. The molecule has 0 amide bonds. The van der Waals surface area contributed by atoms with Crippen molar-refractivity contribution in [1.29, 1.82) is 0 Å². The van der Waals surface area contributed by atoms with Crippen molar-refractivity contribution in [3.05, 3.63) is 15.6 Å². The van der Waals surface area contributed by atoms with E-state index < -0.39 is 0 Å². The zero-order valence-corrected chi connectivity index (χ0v) is 11.9. The summed E-state index contributed by atoms with van der Waals surface area (Å²) < 4.78 is 0. The molecule has 3 rings (SSSR count). The second-order valence-corrected chi connectivity index (χ2v) is 6.89. The quantitative estimate of drug-likeness (QED) is 0.887. The van der Waals surface area contributed by atoms with Crippen molar-refractivity contribution in [2.75, 3.05) is 31.1 Å². The number of likely N-dealkylation sites (N-methyl/N-ethyl adjacent to an activating group) is 1. The van der Waals surface area contributed by atoms with E-state index in [-0.39, 0.29) is 0 Å². The van der Waals surface area contributed by atoms with Crippen LogP contribution in [-0.4, -0.2) is 41.0 Å². The molecule has 0 saturated carbocycles. The minimum absolute atomic E-state index is 0.499. The first-order valence-electron chi connectivity index (χ1n) is 6.38. The number of rotatable bonds is 2. The Morgan fingerprint density at radius 1 is 1.53 bits per heavy atom. The molecule has 1 fully saturated rings. The van der Waals surface area contributed by atoms with Crippen molar-refractivity contribution < 1.29 is 0 Å². The van der Waals surface area contributed by atoms with Crippen LogP contribution in [0.15, 0.2) is 0 Å². The zero-order chi connectivity index (χ0) is 11.7. The molecule has 0 spiro atoms. The van der Waals surface area contributed by atoms with Crippen LogP contribution in [-0.2, 0) is 13.0 Å². The molecule has 1 N–H and O–H groups in total. The number of fused-ring (bicyclic) bond motifs is 1. The van der Waals surface area contributed by atoms with Crippen molar-refractivity contribution in [3.63, 3.8) is 0 Å². The number of nitrogens with one attached hydrogen (secondary N) is 1. The van der Waals surface area contributed by atoms with Crippen molar-refractivity contribution in [2.24, 2.45) is 0 Å². The van der Waals surface area contributed by atoms with Gasteiger partial charge >= 0.3 is 0 Å². The lowest BCUT2D eigenvalue weighted by Gasteiger charge is -2.23. The van der Waals surface area contributed by atoms with Crippen LogP contribution >= 0.6 is 23.1 Å². The Balaban J connectivity index is 1.77. The van der Waals surface area contributed by atoms with Crippen LogP contribution in [0.2, 0.25) is 0 Å². The minimum Gasteiger partial charge on any atom is -0.306 e. The molecule has 17 heavy (non-hydrogen) atoms. The van der Waals surface area contributed by atoms with Gasteiger partial charge in [-0.05, 0) is 6.54 Å². The van der Waals surface area contributed by atoms with Gasteiger partial charge in [-0.15, -0.1) is 11.3 Å². The first kappa shape index (κ1) is 12.0. The van der Waals surface area contributed by atoms with Gasteiger partial charge in [-0.25, -0.2) is 4.98 Å². The average molecular weight is 269 g/mol. The van der Waals surface area contributed by atoms with E-state index in [1.807, 2.05) is 23.1 Å². The van der Waals surface area contributed by atoms with E-state index in [4.69, 9.17) is 4.98 Å². The van der Waals surface area contributed by atoms with Gasteiger partial charge in [0.2, 0.25) is 0 Å². The van der Waals surface area contributed by atoms with Crippen molar-refractivity contribution in [3.8, 4) is 0 Å². The number of hydrogen-bond acceptors (Lipinski definition) is 5. The van der Waals surface area contributed by atoms with Crippen LogP contribution in [0.3, 0.4) is 0 Å². The summed E-state index contributed by atoms with van der Waals surface area (Å²) in [7, 11) is 0. The summed E-state index contributed by atoms with van der Waals surface area (Å²) in [5.74, 6) is 2.43. The summed E-state index contributed by atoms with van der Waals surface area (Å²) in [6, 6.07) is 0.499. The molecule has 0 bridgehead atoms. The monoisotopic (exact) mass is 269 g/mol. The molecule has 0 aliphatic carbocycles. The van der Waals surface area contributed by atoms with Gasteiger partial charge in [-0.1, -0.05) is 6.92 Å². The van der Waals surface area contributed by atoms with Crippen molar-refractivity contribution in [2.45, 2.75) is 25.9 Å². The highest BCUT2D eigenvalue weighted by Gasteiger charge is 2.24. The minimum atomic E-state index is 0.499. The summed E-state index contributed by atoms with van der Waals surface area (Å²) in [6.45, 7) is 6.82. The number of aromatic nitrogens is 1. The number of hydrogen-bond donors (Lipinski definition) is 1. The fourth-order valence-electron chi connectivity index (χ4n) is 2.41. The normalized spacial score (nSPS) is 25.8. The van der Waals surface area contributed by atoms with Gasteiger partial charge in [-0.2, -0.15) is 11.8 Å². The van der Waals surface area contributed by atoms with E-state index in [9.17, 15) is 0 Å². The molecule has 0 aromatic carbocycles. The number of nitrogens with zero attached hydrogens (tertiary/aromatic N) is 2. The Morgan fingerprint density at radius 3 is 3.24 bits per heavy atom. The summed E-state index contributed by atoms with van der Waals surface area (Å²) in [4.78, 5) is 8.87. The van der Waals surface area contributed by atoms with E-state index in [0.29, 0.717) is 6.04 Å². The summed E-state index contributed by atoms with van der Waals surface area (Å²) >= 11 is 3.97. The predicted molar refractivity (Wildman–Crippen MR) is 74.8 cm³/mol. The highest BCUT2D eigenvalue weighted by atomic mass is 32.2. The molecule has 3 heterocycles. The van der Waals surface area contributed by atoms with E-state index in [1.165, 1.54) is 33.6 Å². The van der Waals surface area contributed by atoms with Gasteiger partial charge < -0.3 is 5.32 Å². The third-order valence-corrected chi connectivity index (χ3v) is 5.75. The van der Waals surface area contributed by atoms with E-state index >= 15 is 0 Å². The Kier molecular flexibility index (Phi) is 3.70. The molecule has 1 aromatic rings. The van der Waals surface area contributed by atoms with Crippen LogP contribution < -0.4 is 5.32 Å². The Labute approximate surface area is 111 Å². The SMILES string of the molecule is CCN1CCc2nc(C3CSCCN3)sc2C1. The van der Waals surface area contributed by atoms with Gasteiger partial charge in [0, 0.05) is 42.4 Å². The second kappa shape index (κ2) is 5.26. The van der Waals surface area contributed by atoms with Crippen LogP contribution in [0.5, 0.6) is 0 Å². The van der Waals surface area contributed by atoms with E-state index in [2.05, 4.69) is 17.1 Å². The molecule has 2 aliphatic heterocycles. The Bertz CT molecular complexity index is 385. The standard InChI is InChI=1S/C12H19N3S2/c1-2-15-5-3-9-11(7-15)17-12(14-9)10-8-16-6-4-13-10/h10,13H,2-8H2,1H3. The summed E-state index contributed by atoms with van der Waals surface area (Å²) in [6.07, 6.45) is 1.14. The third-order valence-electron chi connectivity index (χ3n) is 3.49. The molecule has 5 heteroatoms. The van der Waals surface area contributed by atoms with Crippen LogP contribution in [0, 0.1) is 0 Å². The first-order valence-corrected chi connectivity index (χ1v) is 8.36. The third kappa shape index (κ3) is 2.52. The Hall–Kier alpha value is -0.100. The maximum Gasteiger partial charge on any atom is 0.111 e. The lowest BCUT2D eigenvalue weighted by Crippen LogP contribution is -2.30. The molecule has 1 saturated heterocycles. The molecular formula is C12H19N3S2. The summed E-state index contributed by atoms with van der Waals surface area (Å²) in [5.41, 5.74) is 1.37.